The predicted octanol–water partition coefficient (Wildman–Crippen LogP) is 2.14. The molecule has 1 aromatic heterocycles. The lowest BCUT2D eigenvalue weighted by atomic mass is 10.3. The second kappa shape index (κ2) is 7.46. The number of thioether (sulfide) groups is 1. The van der Waals surface area contributed by atoms with Gasteiger partial charge in [0.1, 0.15) is 16.7 Å². The first-order valence-corrected chi connectivity index (χ1v) is 6.50. The molecule has 4 nitrogen and oxygen atoms in total. The highest BCUT2D eigenvalue weighted by atomic mass is 32.2. The van der Waals surface area contributed by atoms with Gasteiger partial charge in [0.25, 0.3) is 0 Å². The lowest BCUT2D eigenvalue weighted by Crippen LogP contribution is -2.01. The minimum absolute atomic E-state index is 0.563. The zero-order valence-electron chi connectivity index (χ0n) is 9.90. The van der Waals surface area contributed by atoms with Crippen LogP contribution >= 0.6 is 11.8 Å². The highest BCUT2D eigenvalue weighted by molar-refractivity contribution is 7.99. The van der Waals surface area contributed by atoms with Crippen molar-refractivity contribution in [1.29, 1.82) is 0 Å². The molecule has 0 unspecified atom stereocenters. The highest BCUT2D eigenvalue weighted by Gasteiger charge is 2.02. The molecule has 1 aromatic rings. The summed E-state index contributed by atoms with van der Waals surface area (Å²) in [6.07, 6.45) is 2.95. The maximum absolute atomic E-state index is 5.73. The van der Waals surface area contributed by atoms with Crippen molar-refractivity contribution in [1.82, 2.24) is 9.97 Å². The zero-order chi connectivity index (χ0) is 11.8. The summed E-state index contributed by atoms with van der Waals surface area (Å²) >= 11 is 1.70. The topological polar surface area (TPSA) is 61.0 Å². The third-order valence-corrected chi connectivity index (χ3v) is 2.98. The maximum atomic E-state index is 5.73. The van der Waals surface area contributed by atoms with Crippen molar-refractivity contribution < 1.29 is 4.74 Å². The smallest absolute Gasteiger partial charge is 0.132 e. The van der Waals surface area contributed by atoms with E-state index in [-0.39, 0.29) is 0 Å². The summed E-state index contributed by atoms with van der Waals surface area (Å²) in [5.74, 6) is 2.40. The van der Waals surface area contributed by atoms with Crippen LogP contribution in [0.5, 0.6) is 0 Å². The lowest BCUT2D eigenvalue weighted by Gasteiger charge is -2.04. The Morgan fingerprint density at radius 3 is 2.94 bits per heavy atom. The fourth-order valence-electron chi connectivity index (χ4n) is 1.28. The minimum Gasteiger partial charge on any atom is -0.385 e. The summed E-state index contributed by atoms with van der Waals surface area (Å²) in [5.41, 5.74) is 5.73. The molecule has 90 valence electrons. The van der Waals surface area contributed by atoms with Crippen molar-refractivity contribution in [2.75, 3.05) is 25.2 Å². The molecule has 0 spiro atoms. The molecule has 2 N–H and O–H groups in total. The number of aryl methyl sites for hydroxylation is 1. The van der Waals surface area contributed by atoms with Gasteiger partial charge in [0, 0.05) is 32.0 Å². The first-order valence-electron chi connectivity index (χ1n) is 5.51. The molecule has 0 fully saturated rings. The molecule has 0 aromatic carbocycles. The molecular weight excluding hydrogens is 222 g/mol. The van der Waals surface area contributed by atoms with E-state index in [1.165, 1.54) is 0 Å². The van der Waals surface area contributed by atoms with Crippen LogP contribution in [0.15, 0.2) is 11.1 Å². The molecule has 0 radical (unpaired) electrons. The van der Waals surface area contributed by atoms with Crippen LogP contribution in [0.2, 0.25) is 0 Å². The monoisotopic (exact) mass is 241 g/mol. The molecule has 0 saturated heterocycles. The van der Waals surface area contributed by atoms with Crippen molar-refractivity contribution in [2.45, 2.75) is 31.2 Å². The van der Waals surface area contributed by atoms with E-state index in [1.807, 2.05) is 6.07 Å². The van der Waals surface area contributed by atoms with Crippen LogP contribution in [-0.4, -0.2) is 29.4 Å². The number of methoxy groups -OCH3 is 1. The molecular formula is C11H19N3OS. The highest BCUT2D eigenvalue weighted by Crippen LogP contribution is 2.18. The summed E-state index contributed by atoms with van der Waals surface area (Å²) in [5, 5.41) is 0.965. The third-order valence-electron chi connectivity index (χ3n) is 1.99. The summed E-state index contributed by atoms with van der Waals surface area (Å²) in [6, 6.07) is 1.83. The SMILES string of the molecule is CCCc1nc(N)cc(SCCCOC)n1. The molecule has 0 bridgehead atoms. The van der Waals surface area contributed by atoms with Crippen molar-refractivity contribution in [3.8, 4) is 0 Å². The Morgan fingerprint density at radius 2 is 2.25 bits per heavy atom. The van der Waals surface area contributed by atoms with E-state index in [9.17, 15) is 0 Å². The molecule has 5 heteroatoms. The van der Waals surface area contributed by atoms with Gasteiger partial charge in [0.15, 0.2) is 0 Å². The number of hydrogen-bond acceptors (Lipinski definition) is 5. The van der Waals surface area contributed by atoms with Gasteiger partial charge in [-0.1, -0.05) is 6.92 Å². The largest absolute Gasteiger partial charge is 0.385 e. The van der Waals surface area contributed by atoms with Gasteiger partial charge in [-0.15, -0.1) is 11.8 Å². The molecule has 1 rings (SSSR count). The van der Waals surface area contributed by atoms with Gasteiger partial charge in [0.2, 0.25) is 0 Å². The molecule has 1 heterocycles. The number of ether oxygens (including phenoxy) is 1. The van der Waals surface area contributed by atoms with Gasteiger partial charge in [-0.05, 0) is 12.8 Å². The molecule has 0 aliphatic carbocycles. The Balaban J connectivity index is 2.51. The molecule has 0 aliphatic heterocycles. The quantitative estimate of drug-likeness (QED) is 0.450. The zero-order valence-corrected chi connectivity index (χ0v) is 10.7. The fraction of sp³-hybridized carbons (Fsp3) is 0.636. The van der Waals surface area contributed by atoms with Crippen molar-refractivity contribution >= 4 is 17.6 Å². The Bertz CT molecular complexity index is 320. The van der Waals surface area contributed by atoms with E-state index in [2.05, 4.69) is 16.9 Å². The van der Waals surface area contributed by atoms with Gasteiger partial charge in [-0.3, -0.25) is 0 Å². The summed E-state index contributed by atoms with van der Waals surface area (Å²) in [7, 11) is 1.71. The van der Waals surface area contributed by atoms with Crippen molar-refractivity contribution in [2.24, 2.45) is 0 Å². The summed E-state index contributed by atoms with van der Waals surface area (Å²) < 4.78 is 5.00. The van der Waals surface area contributed by atoms with Crippen LogP contribution in [0.3, 0.4) is 0 Å². The van der Waals surface area contributed by atoms with Gasteiger partial charge < -0.3 is 10.5 Å². The molecule has 0 aliphatic rings. The first-order chi connectivity index (χ1) is 7.76. The van der Waals surface area contributed by atoms with Crippen LogP contribution < -0.4 is 5.73 Å². The van der Waals surface area contributed by atoms with E-state index >= 15 is 0 Å². The number of nitrogens with zero attached hydrogens (tertiary/aromatic N) is 2. The lowest BCUT2D eigenvalue weighted by molar-refractivity contribution is 0.200. The first kappa shape index (κ1) is 13.3. The van der Waals surface area contributed by atoms with Gasteiger partial charge in [-0.2, -0.15) is 0 Å². The number of nitrogens with two attached hydrogens (primary N) is 1. The summed E-state index contributed by atoms with van der Waals surface area (Å²) in [4.78, 5) is 8.65. The second-order valence-corrected chi connectivity index (χ2v) is 4.61. The average molecular weight is 241 g/mol. The number of hydrogen-bond donors (Lipinski definition) is 1. The van der Waals surface area contributed by atoms with Gasteiger partial charge in [-0.25, -0.2) is 9.97 Å². The van der Waals surface area contributed by atoms with Gasteiger partial charge >= 0.3 is 0 Å². The Morgan fingerprint density at radius 1 is 1.44 bits per heavy atom. The minimum atomic E-state index is 0.563. The van der Waals surface area contributed by atoms with Crippen molar-refractivity contribution in [3.05, 3.63) is 11.9 Å². The van der Waals surface area contributed by atoms with Crippen LogP contribution in [0.1, 0.15) is 25.6 Å². The Labute approximate surface area is 101 Å². The van der Waals surface area contributed by atoms with E-state index in [0.29, 0.717) is 5.82 Å². The molecule has 0 atom stereocenters. The third kappa shape index (κ3) is 4.81. The van der Waals surface area contributed by atoms with Crippen molar-refractivity contribution in [3.63, 3.8) is 0 Å². The number of nitrogen functional groups attached to an aromatic ring is 1. The van der Waals surface area contributed by atoms with E-state index in [4.69, 9.17) is 10.5 Å². The molecule has 0 saturated carbocycles. The van der Waals surface area contributed by atoms with E-state index < -0.39 is 0 Å². The standard InChI is InChI=1S/C11H19N3OS/c1-3-5-10-13-9(12)8-11(14-10)16-7-4-6-15-2/h8H,3-7H2,1-2H3,(H2,12,13,14). The normalized spacial score (nSPS) is 10.6. The fourth-order valence-corrected chi connectivity index (χ4v) is 2.13. The van der Waals surface area contributed by atoms with E-state index in [0.717, 1.165) is 42.5 Å². The number of anilines is 1. The number of rotatable bonds is 7. The Kier molecular flexibility index (Phi) is 6.18. The van der Waals surface area contributed by atoms with Crippen LogP contribution in [-0.2, 0) is 11.2 Å². The van der Waals surface area contributed by atoms with E-state index in [1.54, 1.807) is 18.9 Å². The van der Waals surface area contributed by atoms with Crippen LogP contribution in [0.4, 0.5) is 5.82 Å². The second-order valence-electron chi connectivity index (χ2n) is 3.49. The van der Waals surface area contributed by atoms with Crippen LogP contribution in [0, 0.1) is 0 Å². The van der Waals surface area contributed by atoms with Gasteiger partial charge in [0.05, 0.1) is 0 Å². The average Bonchev–Trinajstić information content (AvgIpc) is 2.24. The summed E-state index contributed by atoms with van der Waals surface area (Å²) in [6.45, 7) is 2.90. The maximum Gasteiger partial charge on any atom is 0.132 e. The Hall–Kier alpha value is -0.810. The predicted molar refractivity (Wildman–Crippen MR) is 67.7 cm³/mol. The number of aromatic nitrogens is 2. The molecule has 16 heavy (non-hydrogen) atoms. The van der Waals surface area contributed by atoms with Crippen LogP contribution in [0.25, 0.3) is 0 Å². The molecule has 0 amide bonds.